The van der Waals surface area contributed by atoms with Crippen LogP contribution in [0.4, 0.5) is 0 Å². The van der Waals surface area contributed by atoms with Gasteiger partial charge in [-0.15, -0.1) is 11.3 Å². The van der Waals surface area contributed by atoms with Crippen LogP contribution < -0.4 is 4.80 Å². The number of fused-ring (bicyclic) bond motifs is 3. The van der Waals surface area contributed by atoms with E-state index in [1.54, 1.807) is 24.3 Å². The Morgan fingerprint density at radius 1 is 1.46 bits per heavy atom. The molecule has 0 N–H and O–H groups in total. The molecule has 0 fully saturated rings. The second kappa shape index (κ2) is 5.55. The third-order valence-corrected chi connectivity index (χ3v) is 5.38. The summed E-state index contributed by atoms with van der Waals surface area (Å²) in [5.74, 6) is -0.230. The first-order valence-electron chi connectivity index (χ1n) is 7.84. The number of carbonyl (C=O) groups excluding carboxylic acids is 1. The average Bonchev–Trinajstić information content (AvgIpc) is 3.24. The number of rotatable bonds is 2. The minimum absolute atomic E-state index is 0.170. The number of hydrogen-bond donors (Lipinski definition) is 0. The highest BCUT2D eigenvalue weighted by atomic mass is 32.1. The highest BCUT2D eigenvalue weighted by molar-refractivity contribution is 7.09. The molecule has 0 atom stereocenters. The normalized spacial score (nSPS) is 13.9. The molecular weight excluding hydrogens is 326 g/mol. The first-order chi connectivity index (χ1) is 11.6. The molecule has 8 heteroatoms. The van der Waals surface area contributed by atoms with Crippen LogP contribution in [0, 0.1) is 6.92 Å². The predicted octanol–water partition coefficient (Wildman–Crippen LogP) is 2.11. The van der Waals surface area contributed by atoms with E-state index in [2.05, 4.69) is 26.7 Å². The fourth-order valence-electron chi connectivity index (χ4n) is 3.10. The highest BCUT2D eigenvalue weighted by Crippen LogP contribution is 2.34. The van der Waals surface area contributed by atoms with E-state index in [0.29, 0.717) is 10.5 Å². The Morgan fingerprint density at radius 2 is 2.29 bits per heavy atom. The molecule has 0 saturated heterocycles. The molecule has 124 valence electrons. The summed E-state index contributed by atoms with van der Waals surface area (Å²) < 4.78 is 9.03. The molecule has 0 aromatic carbocycles. The van der Waals surface area contributed by atoms with Gasteiger partial charge < -0.3 is 9.09 Å². The highest BCUT2D eigenvalue weighted by Gasteiger charge is 2.25. The lowest BCUT2D eigenvalue weighted by Gasteiger charge is -2.15. The summed E-state index contributed by atoms with van der Waals surface area (Å²) >= 11 is 1.57. The lowest BCUT2D eigenvalue weighted by atomic mass is 10.00. The largest absolute Gasteiger partial charge is 0.351 e. The molecule has 3 aromatic rings. The standard InChI is InChI=1S/C16H17N5O2S/c1-4-21-14-10-8-17-20(3)11(10)5-6-13(14)24-16(21)18-15(22)12-7-9(2)19-23-12/h7-8H,4-6H2,1-3H3. The summed E-state index contributed by atoms with van der Waals surface area (Å²) in [6.45, 7) is 4.57. The molecule has 1 aliphatic rings. The first kappa shape index (κ1) is 15.1. The Hall–Kier alpha value is -2.48. The zero-order valence-electron chi connectivity index (χ0n) is 13.7. The van der Waals surface area contributed by atoms with Crippen molar-refractivity contribution in [2.24, 2.45) is 12.0 Å². The maximum Gasteiger partial charge on any atom is 0.318 e. The van der Waals surface area contributed by atoms with E-state index in [1.807, 2.05) is 17.9 Å². The summed E-state index contributed by atoms with van der Waals surface area (Å²) in [5.41, 5.74) is 4.17. The van der Waals surface area contributed by atoms with Gasteiger partial charge >= 0.3 is 5.91 Å². The van der Waals surface area contributed by atoms with Crippen molar-refractivity contribution in [3.63, 3.8) is 0 Å². The maximum absolute atomic E-state index is 12.3. The molecule has 0 radical (unpaired) electrons. The monoisotopic (exact) mass is 343 g/mol. The van der Waals surface area contributed by atoms with Gasteiger partial charge in [0.1, 0.15) is 0 Å². The number of thiazole rings is 1. The van der Waals surface area contributed by atoms with E-state index in [0.717, 1.165) is 30.6 Å². The number of hydrogen-bond acceptors (Lipinski definition) is 5. The van der Waals surface area contributed by atoms with Crippen molar-refractivity contribution in [1.82, 2.24) is 19.5 Å². The van der Waals surface area contributed by atoms with Crippen molar-refractivity contribution in [2.45, 2.75) is 33.2 Å². The quantitative estimate of drug-likeness (QED) is 0.714. The van der Waals surface area contributed by atoms with Crippen molar-refractivity contribution < 1.29 is 9.32 Å². The van der Waals surface area contributed by atoms with E-state index >= 15 is 0 Å². The van der Waals surface area contributed by atoms with E-state index in [-0.39, 0.29) is 5.76 Å². The fraction of sp³-hybridized carbons (Fsp3) is 0.375. The van der Waals surface area contributed by atoms with Crippen LogP contribution in [0.1, 0.15) is 33.7 Å². The summed E-state index contributed by atoms with van der Waals surface area (Å²) in [6.07, 6.45) is 3.80. The Morgan fingerprint density at radius 3 is 3.00 bits per heavy atom. The van der Waals surface area contributed by atoms with Crippen LogP contribution >= 0.6 is 11.3 Å². The second-order valence-electron chi connectivity index (χ2n) is 5.78. The zero-order valence-corrected chi connectivity index (χ0v) is 14.6. The van der Waals surface area contributed by atoms with Crippen LogP contribution in [0.2, 0.25) is 0 Å². The molecule has 1 amide bonds. The average molecular weight is 343 g/mol. The van der Waals surface area contributed by atoms with Gasteiger partial charge in [0.25, 0.3) is 0 Å². The molecule has 0 bridgehead atoms. The van der Waals surface area contributed by atoms with Crippen LogP contribution in [-0.2, 0) is 26.4 Å². The smallest absolute Gasteiger partial charge is 0.318 e. The lowest BCUT2D eigenvalue weighted by molar-refractivity contribution is 0.0962. The van der Waals surface area contributed by atoms with E-state index in [1.165, 1.54) is 10.6 Å². The molecule has 24 heavy (non-hydrogen) atoms. The Labute approximate surface area is 142 Å². The number of carbonyl (C=O) groups is 1. The lowest BCUT2D eigenvalue weighted by Crippen LogP contribution is -2.18. The second-order valence-corrected chi connectivity index (χ2v) is 6.84. The minimum Gasteiger partial charge on any atom is -0.351 e. The van der Waals surface area contributed by atoms with Gasteiger partial charge in [0.2, 0.25) is 5.76 Å². The number of nitrogens with zero attached hydrogens (tertiary/aromatic N) is 5. The fourth-order valence-corrected chi connectivity index (χ4v) is 4.30. The number of aryl methyl sites for hydroxylation is 3. The van der Waals surface area contributed by atoms with E-state index in [9.17, 15) is 4.79 Å². The molecule has 0 spiro atoms. The Kier molecular flexibility index (Phi) is 3.49. The Bertz CT molecular complexity index is 1000. The summed E-state index contributed by atoms with van der Waals surface area (Å²) in [7, 11) is 1.97. The number of amides is 1. The first-order valence-corrected chi connectivity index (χ1v) is 8.66. The van der Waals surface area contributed by atoms with Crippen LogP contribution in [0.15, 0.2) is 21.8 Å². The van der Waals surface area contributed by atoms with Gasteiger partial charge in [0.05, 0.1) is 17.6 Å². The summed E-state index contributed by atoms with van der Waals surface area (Å²) in [6, 6.07) is 1.61. The molecule has 0 saturated carbocycles. The molecule has 4 rings (SSSR count). The van der Waals surface area contributed by atoms with E-state index < -0.39 is 5.91 Å². The van der Waals surface area contributed by atoms with E-state index in [4.69, 9.17) is 4.52 Å². The topological polar surface area (TPSA) is 78.2 Å². The van der Waals surface area contributed by atoms with Crippen molar-refractivity contribution in [3.8, 4) is 11.3 Å². The van der Waals surface area contributed by atoms with Gasteiger partial charge in [0.15, 0.2) is 4.80 Å². The van der Waals surface area contributed by atoms with Crippen LogP contribution in [0.3, 0.4) is 0 Å². The molecule has 1 aliphatic carbocycles. The van der Waals surface area contributed by atoms with Gasteiger partial charge in [-0.25, -0.2) is 0 Å². The molecule has 0 aliphatic heterocycles. The third kappa shape index (κ3) is 2.25. The van der Waals surface area contributed by atoms with Gasteiger partial charge in [-0.05, 0) is 26.7 Å². The molecule has 3 aromatic heterocycles. The summed E-state index contributed by atoms with van der Waals surface area (Å²) in [4.78, 5) is 18.6. The predicted molar refractivity (Wildman–Crippen MR) is 88.7 cm³/mol. The third-order valence-electron chi connectivity index (χ3n) is 4.24. The van der Waals surface area contributed by atoms with Crippen LogP contribution in [-0.4, -0.2) is 25.4 Å². The van der Waals surface area contributed by atoms with Crippen LogP contribution in [0.25, 0.3) is 11.3 Å². The van der Waals surface area contributed by atoms with Crippen molar-refractivity contribution >= 4 is 17.2 Å². The molecule has 0 unspecified atom stereocenters. The van der Waals surface area contributed by atoms with Gasteiger partial charge in [-0.2, -0.15) is 10.1 Å². The van der Waals surface area contributed by atoms with Gasteiger partial charge in [0, 0.05) is 35.8 Å². The minimum atomic E-state index is -0.400. The van der Waals surface area contributed by atoms with Crippen molar-refractivity contribution in [2.75, 3.05) is 0 Å². The maximum atomic E-state index is 12.3. The zero-order chi connectivity index (χ0) is 16.8. The van der Waals surface area contributed by atoms with Crippen molar-refractivity contribution in [3.05, 3.63) is 39.1 Å². The number of aromatic nitrogens is 4. The Balaban J connectivity index is 1.86. The van der Waals surface area contributed by atoms with Crippen LogP contribution in [0.5, 0.6) is 0 Å². The molecule has 3 heterocycles. The molecule has 7 nitrogen and oxygen atoms in total. The van der Waals surface area contributed by atoms with Gasteiger partial charge in [-0.1, -0.05) is 5.16 Å². The molecular formula is C16H17N5O2S. The van der Waals surface area contributed by atoms with Crippen molar-refractivity contribution in [1.29, 1.82) is 0 Å². The van der Waals surface area contributed by atoms with Gasteiger partial charge in [-0.3, -0.25) is 9.48 Å². The summed E-state index contributed by atoms with van der Waals surface area (Å²) in [5, 5.41) is 8.13. The SMILES string of the molecule is CCn1c2c(sc1=NC(=O)c1cc(C)no1)CCc1c-2cnn1C.